The molecule has 0 aromatic heterocycles. The summed E-state index contributed by atoms with van der Waals surface area (Å²) in [5.41, 5.74) is 5.50. The molecule has 0 heterocycles. The lowest BCUT2D eigenvalue weighted by Crippen LogP contribution is -2.50. The predicted octanol–water partition coefficient (Wildman–Crippen LogP) is 0.339. The van der Waals surface area contributed by atoms with Crippen LogP contribution in [0.5, 0.6) is 0 Å². The van der Waals surface area contributed by atoms with Gasteiger partial charge in [0.1, 0.15) is 6.04 Å². The fraction of sp³-hybridized carbons (Fsp3) is 0.800. The Morgan fingerprint density at radius 3 is 2.20 bits per heavy atom. The van der Waals surface area contributed by atoms with Crippen molar-refractivity contribution < 1.29 is 14.7 Å². The molecule has 4 N–H and O–H groups in total. The fourth-order valence-corrected chi connectivity index (χ4v) is 1.13. The van der Waals surface area contributed by atoms with Gasteiger partial charge >= 0.3 is 5.97 Å². The molecule has 0 aliphatic rings. The van der Waals surface area contributed by atoms with Crippen molar-refractivity contribution in [3.8, 4) is 0 Å². The van der Waals surface area contributed by atoms with Crippen LogP contribution in [0.3, 0.4) is 0 Å². The topological polar surface area (TPSA) is 92.4 Å². The number of aliphatic carboxylic acids is 1. The minimum absolute atomic E-state index is 0.101. The number of carbonyl (C=O) groups excluding carboxylic acids is 1. The lowest BCUT2D eigenvalue weighted by molar-refractivity contribution is -0.143. The third-order valence-electron chi connectivity index (χ3n) is 2.55. The maximum absolute atomic E-state index is 11.4. The Morgan fingerprint density at radius 1 is 1.33 bits per heavy atom. The summed E-state index contributed by atoms with van der Waals surface area (Å²) in [6.07, 6.45) is 1.19. The zero-order valence-electron chi connectivity index (χ0n) is 9.49. The van der Waals surface area contributed by atoms with Gasteiger partial charge in [-0.1, -0.05) is 27.2 Å². The Kier molecular flexibility index (Phi) is 5.93. The summed E-state index contributed by atoms with van der Waals surface area (Å²) in [5, 5.41) is 11.4. The molecule has 0 fully saturated rings. The first-order valence-corrected chi connectivity index (χ1v) is 5.22. The number of nitrogens with one attached hydrogen (secondary N) is 1. The molecule has 5 nitrogen and oxygen atoms in total. The molecule has 0 bridgehead atoms. The Bertz CT molecular complexity index is 231. The van der Waals surface area contributed by atoms with E-state index >= 15 is 0 Å². The maximum atomic E-state index is 11.4. The monoisotopic (exact) mass is 216 g/mol. The Balaban J connectivity index is 4.42. The molecule has 5 heteroatoms. The van der Waals surface area contributed by atoms with Crippen molar-refractivity contribution in [2.24, 2.45) is 11.7 Å². The SMILES string of the molecule is CCC(N)C(=O)NC(C(=O)O)C(C)CC. The van der Waals surface area contributed by atoms with Gasteiger partial charge < -0.3 is 16.2 Å². The largest absolute Gasteiger partial charge is 0.480 e. The average Bonchev–Trinajstić information content (AvgIpc) is 2.22. The number of carboxylic acids is 1. The van der Waals surface area contributed by atoms with Gasteiger partial charge in [0.2, 0.25) is 5.91 Å². The van der Waals surface area contributed by atoms with E-state index in [9.17, 15) is 9.59 Å². The van der Waals surface area contributed by atoms with Gasteiger partial charge in [-0.25, -0.2) is 4.79 Å². The third-order valence-corrected chi connectivity index (χ3v) is 2.55. The highest BCUT2D eigenvalue weighted by Crippen LogP contribution is 2.08. The van der Waals surface area contributed by atoms with Crippen LogP contribution in [0.1, 0.15) is 33.6 Å². The summed E-state index contributed by atoms with van der Waals surface area (Å²) in [5.74, 6) is -1.51. The van der Waals surface area contributed by atoms with E-state index in [-0.39, 0.29) is 5.92 Å². The average molecular weight is 216 g/mol. The first-order valence-electron chi connectivity index (χ1n) is 5.22. The fourth-order valence-electron chi connectivity index (χ4n) is 1.13. The van der Waals surface area contributed by atoms with Crippen molar-refractivity contribution in [2.45, 2.75) is 45.7 Å². The number of hydrogen-bond donors (Lipinski definition) is 3. The Morgan fingerprint density at radius 2 is 1.87 bits per heavy atom. The third kappa shape index (κ3) is 4.29. The molecule has 0 aromatic carbocycles. The number of amides is 1. The summed E-state index contributed by atoms with van der Waals surface area (Å²) in [6.45, 7) is 5.45. The van der Waals surface area contributed by atoms with E-state index in [2.05, 4.69) is 5.32 Å². The first-order chi connectivity index (χ1) is 6.93. The van der Waals surface area contributed by atoms with Gasteiger partial charge in [0, 0.05) is 0 Å². The highest BCUT2D eigenvalue weighted by Gasteiger charge is 2.26. The number of carbonyl (C=O) groups is 2. The van der Waals surface area contributed by atoms with Crippen LogP contribution in [0.2, 0.25) is 0 Å². The highest BCUT2D eigenvalue weighted by molar-refractivity contribution is 5.86. The molecule has 1 amide bonds. The van der Waals surface area contributed by atoms with Gasteiger partial charge in [0.15, 0.2) is 0 Å². The summed E-state index contributed by atoms with van der Waals surface area (Å²) in [4.78, 5) is 22.3. The molecule has 0 saturated heterocycles. The van der Waals surface area contributed by atoms with Crippen LogP contribution in [0.15, 0.2) is 0 Å². The molecule has 0 radical (unpaired) electrons. The number of carboxylic acid groups (broad SMARTS) is 1. The quantitative estimate of drug-likeness (QED) is 0.597. The molecule has 15 heavy (non-hydrogen) atoms. The van der Waals surface area contributed by atoms with Gasteiger partial charge in [-0.15, -0.1) is 0 Å². The van der Waals surface area contributed by atoms with Crippen LogP contribution in [0.25, 0.3) is 0 Å². The second-order valence-corrected chi connectivity index (χ2v) is 3.72. The van der Waals surface area contributed by atoms with E-state index < -0.39 is 24.0 Å². The van der Waals surface area contributed by atoms with Crippen LogP contribution in [-0.2, 0) is 9.59 Å². The van der Waals surface area contributed by atoms with Crippen LogP contribution in [0, 0.1) is 5.92 Å². The normalized spacial score (nSPS) is 16.5. The predicted molar refractivity (Wildman–Crippen MR) is 57.3 cm³/mol. The minimum atomic E-state index is -1.01. The molecule has 0 aromatic rings. The van der Waals surface area contributed by atoms with Crippen LogP contribution < -0.4 is 11.1 Å². The summed E-state index contributed by atoms with van der Waals surface area (Å²) < 4.78 is 0. The van der Waals surface area contributed by atoms with E-state index in [0.717, 1.165) is 0 Å². The van der Waals surface area contributed by atoms with E-state index in [1.165, 1.54) is 0 Å². The second-order valence-electron chi connectivity index (χ2n) is 3.72. The standard InChI is InChI=1S/C10H20N2O3/c1-4-6(3)8(10(14)15)12-9(13)7(11)5-2/h6-8H,4-5,11H2,1-3H3,(H,12,13)(H,14,15). The van der Waals surface area contributed by atoms with Crippen molar-refractivity contribution in [3.63, 3.8) is 0 Å². The van der Waals surface area contributed by atoms with Crippen LogP contribution >= 0.6 is 0 Å². The van der Waals surface area contributed by atoms with Crippen LogP contribution in [-0.4, -0.2) is 29.1 Å². The second kappa shape index (κ2) is 6.40. The van der Waals surface area contributed by atoms with Crippen molar-refractivity contribution >= 4 is 11.9 Å². The smallest absolute Gasteiger partial charge is 0.326 e. The van der Waals surface area contributed by atoms with E-state index in [1.54, 1.807) is 13.8 Å². The van der Waals surface area contributed by atoms with E-state index in [0.29, 0.717) is 12.8 Å². The molecular weight excluding hydrogens is 196 g/mol. The molecule has 0 spiro atoms. The molecule has 0 saturated carbocycles. The van der Waals surface area contributed by atoms with Gasteiger partial charge in [-0.05, 0) is 12.3 Å². The van der Waals surface area contributed by atoms with E-state index in [4.69, 9.17) is 10.8 Å². The summed E-state index contributed by atoms with van der Waals surface area (Å²) in [6, 6.07) is -1.48. The Hall–Kier alpha value is -1.10. The maximum Gasteiger partial charge on any atom is 0.326 e. The van der Waals surface area contributed by atoms with Crippen molar-refractivity contribution in [1.82, 2.24) is 5.32 Å². The number of rotatable bonds is 6. The van der Waals surface area contributed by atoms with Crippen molar-refractivity contribution in [2.75, 3.05) is 0 Å². The highest BCUT2D eigenvalue weighted by atomic mass is 16.4. The molecule has 88 valence electrons. The Labute approximate surface area is 90.0 Å². The van der Waals surface area contributed by atoms with Gasteiger partial charge in [0.05, 0.1) is 6.04 Å². The lowest BCUT2D eigenvalue weighted by Gasteiger charge is -2.21. The zero-order chi connectivity index (χ0) is 12.0. The van der Waals surface area contributed by atoms with Gasteiger partial charge in [0.25, 0.3) is 0 Å². The van der Waals surface area contributed by atoms with Crippen molar-refractivity contribution in [1.29, 1.82) is 0 Å². The van der Waals surface area contributed by atoms with Gasteiger partial charge in [-0.2, -0.15) is 0 Å². The summed E-state index contributed by atoms with van der Waals surface area (Å²) in [7, 11) is 0. The molecular formula is C10H20N2O3. The molecule has 0 aliphatic carbocycles. The number of nitrogens with two attached hydrogens (primary N) is 1. The van der Waals surface area contributed by atoms with Crippen LogP contribution in [0.4, 0.5) is 0 Å². The van der Waals surface area contributed by atoms with Gasteiger partial charge in [-0.3, -0.25) is 4.79 Å². The molecule has 3 unspecified atom stereocenters. The van der Waals surface area contributed by atoms with E-state index in [1.807, 2.05) is 6.92 Å². The number of hydrogen-bond acceptors (Lipinski definition) is 3. The summed E-state index contributed by atoms with van der Waals surface area (Å²) >= 11 is 0. The van der Waals surface area contributed by atoms with Crippen molar-refractivity contribution in [3.05, 3.63) is 0 Å². The zero-order valence-corrected chi connectivity index (χ0v) is 9.49. The molecule has 0 aliphatic heterocycles. The minimum Gasteiger partial charge on any atom is -0.480 e. The molecule has 0 rings (SSSR count). The first kappa shape index (κ1) is 13.9. The lowest BCUT2D eigenvalue weighted by atomic mass is 9.99. The molecule has 3 atom stereocenters.